The Morgan fingerprint density at radius 1 is 1.00 bits per heavy atom. The number of hydrogen-bond acceptors (Lipinski definition) is 6. The third-order valence-electron chi connectivity index (χ3n) is 3.69. The lowest BCUT2D eigenvalue weighted by molar-refractivity contribution is 0.0572. The minimum Gasteiger partial charge on any atom is -0.448 e. The van der Waals surface area contributed by atoms with Crippen molar-refractivity contribution in [3.05, 3.63) is 29.8 Å². The van der Waals surface area contributed by atoms with Gasteiger partial charge in [-0.2, -0.15) is 0 Å². The molecule has 1 aromatic rings. The van der Waals surface area contributed by atoms with Crippen LogP contribution in [0.1, 0.15) is 17.3 Å². The summed E-state index contributed by atoms with van der Waals surface area (Å²) >= 11 is 5.49. The van der Waals surface area contributed by atoms with Crippen LogP contribution in [0.3, 0.4) is 0 Å². The maximum absolute atomic E-state index is 12.5. The van der Waals surface area contributed by atoms with Gasteiger partial charge in [-0.3, -0.25) is 4.79 Å². The topological polar surface area (TPSA) is 85.4 Å². The fourth-order valence-electron chi connectivity index (χ4n) is 2.40. The van der Waals surface area contributed by atoms with Crippen LogP contribution in [0.5, 0.6) is 5.75 Å². The molecule has 0 saturated carbocycles. The summed E-state index contributed by atoms with van der Waals surface area (Å²) in [6.45, 7) is 3.69. The van der Waals surface area contributed by atoms with Crippen molar-refractivity contribution in [1.82, 2.24) is 9.80 Å². The minimum absolute atomic E-state index is 0.151. The fourth-order valence-corrected chi connectivity index (χ4v) is 2.48. The Morgan fingerprint density at radius 2 is 1.62 bits per heavy atom. The molecule has 142 valence electrons. The van der Waals surface area contributed by atoms with Gasteiger partial charge >= 0.3 is 12.2 Å². The van der Waals surface area contributed by atoms with Gasteiger partial charge < -0.3 is 24.0 Å². The summed E-state index contributed by atoms with van der Waals surface area (Å²) in [6, 6.07) is 6.23. The van der Waals surface area contributed by atoms with E-state index in [0.29, 0.717) is 37.5 Å². The first-order valence-corrected chi connectivity index (χ1v) is 8.80. The van der Waals surface area contributed by atoms with Crippen LogP contribution < -0.4 is 4.74 Å². The van der Waals surface area contributed by atoms with Gasteiger partial charge in [-0.25, -0.2) is 9.59 Å². The number of amides is 2. The Kier molecular flexibility index (Phi) is 7.53. The van der Waals surface area contributed by atoms with Crippen LogP contribution in [0.4, 0.5) is 9.59 Å². The normalized spacial score (nSPS) is 13.9. The van der Waals surface area contributed by atoms with E-state index in [1.54, 1.807) is 28.9 Å². The lowest BCUT2D eigenvalue weighted by atomic mass is 10.1. The highest BCUT2D eigenvalue weighted by atomic mass is 35.5. The standard InChI is InChI=1S/C17H21ClN2O6/c1-2-24-17(23)26-14-5-3-13(4-6-14)15(21)19-8-10-20(11-9-19)16(22)25-12-7-18/h3-6H,2,7-12H2,1H3. The Hall–Kier alpha value is -2.48. The molecule has 1 aliphatic heterocycles. The zero-order valence-electron chi connectivity index (χ0n) is 14.5. The molecule has 0 aliphatic carbocycles. The molecule has 0 radical (unpaired) electrons. The first-order chi connectivity index (χ1) is 12.5. The zero-order chi connectivity index (χ0) is 18.9. The van der Waals surface area contributed by atoms with Crippen molar-refractivity contribution in [2.45, 2.75) is 6.92 Å². The lowest BCUT2D eigenvalue weighted by Gasteiger charge is -2.34. The Labute approximate surface area is 156 Å². The molecule has 1 saturated heterocycles. The van der Waals surface area contributed by atoms with E-state index in [1.807, 2.05) is 0 Å². The molecule has 0 unspecified atom stereocenters. The summed E-state index contributed by atoms with van der Waals surface area (Å²) in [5.41, 5.74) is 0.472. The quantitative estimate of drug-likeness (QED) is 0.440. The van der Waals surface area contributed by atoms with E-state index in [1.165, 1.54) is 12.1 Å². The molecule has 0 bridgehead atoms. The van der Waals surface area contributed by atoms with E-state index in [2.05, 4.69) is 4.74 Å². The van der Waals surface area contributed by atoms with Crippen molar-refractivity contribution in [1.29, 1.82) is 0 Å². The monoisotopic (exact) mass is 384 g/mol. The second kappa shape index (κ2) is 9.86. The zero-order valence-corrected chi connectivity index (χ0v) is 15.2. The van der Waals surface area contributed by atoms with Gasteiger partial charge in [0.2, 0.25) is 0 Å². The van der Waals surface area contributed by atoms with Crippen molar-refractivity contribution in [2.24, 2.45) is 0 Å². The number of ether oxygens (including phenoxy) is 3. The molecule has 2 rings (SSSR count). The second-order valence-electron chi connectivity index (χ2n) is 5.39. The van der Waals surface area contributed by atoms with E-state index in [0.717, 1.165) is 0 Å². The van der Waals surface area contributed by atoms with Crippen LogP contribution >= 0.6 is 11.6 Å². The minimum atomic E-state index is -0.788. The van der Waals surface area contributed by atoms with Gasteiger partial charge in [0.1, 0.15) is 12.4 Å². The molecule has 26 heavy (non-hydrogen) atoms. The smallest absolute Gasteiger partial charge is 0.448 e. The molecule has 0 atom stereocenters. The van der Waals surface area contributed by atoms with Gasteiger partial charge in [0.05, 0.1) is 12.5 Å². The summed E-state index contributed by atoms with van der Waals surface area (Å²) in [4.78, 5) is 38.8. The van der Waals surface area contributed by atoms with Gasteiger partial charge in [-0.1, -0.05) is 0 Å². The summed E-state index contributed by atoms with van der Waals surface area (Å²) < 4.78 is 14.6. The molecule has 8 nitrogen and oxygen atoms in total. The molecule has 0 spiro atoms. The maximum Gasteiger partial charge on any atom is 0.513 e. The maximum atomic E-state index is 12.5. The van der Waals surface area contributed by atoms with E-state index in [4.69, 9.17) is 21.1 Å². The van der Waals surface area contributed by atoms with Crippen LogP contribution in [-0.4, -0.2) is 73.2 Å². The molecule has 0 aromatic heterocycles. The number of benzene rings is 1. The predicted octanol–water partition coefficient (Wildman–Crippen LogP) is 2.36. The number of carbonyl (C=O) groups excluding carboxylic acids is 3. The predicted molar refractivity (Wildman–Crippen MR) is 93.6 cm³/mol. The number of alkyl halides is 1. The summed E-state index contributed by atoms with van der Waals surface area (Å²) in [5, 5.41) is 0. The van der Waals surface area contributed by atoms with E-state index < -0.39 is 12.2 Å². The molecule has 1 heterocycles. The Bertz CT molecular complexity index is 629. The van der Waals surface area contributed by atoms with Crippen molar-refractivity contribution in [2.75, 3.05) is 45.3 Å². The highest BCUT2D eigenvalue weighted by Crippen LogP contribution is 2.15. The third-order valence-corrected chi connectivity index (χ3v) is 3.85. The average Bonchev–Trinajstić information content (AvgIpc) is 2.66. The number of nitrogens with zero attached hydrogens (tertiary/aromatic N) is 2. The van der Waals surface area contributed by atoms with Crippen LogP contribution in [-0.2, 0) is 9.47 Å². The molecule has 2 amide bonds. The van der Waals surface area contributed by atoms with Gasteiger partial charge in [0.15, 0.2) is 0 Å². The first-order valence-electron chi connectivity index (χ1n) is 8.26. The number of hydrogen-bond donors (Lipinski definition) is 0. The van der Waals surface area contributed by atoms with E-state index in [9.17, 15) is 14.4 Å². The van der Waals surface area contributed by atoms with Crippen molar-refractivity contribution in [3.8, 4) is 5.75 Å². The fraction of sp³-hybridized carbons (Fsp3) is 0.471. The highest BCUT2D eigenvalue weighted by molar-refractivity contribution is 6.18. The SMILES string of the molecule is CCOC(=O)Oc1ccc(C(=O)N2CCN(C(=O)OCCCl)CC2)cc1. The van der Waals surface area contributed by atoms with Gasteiger partial charge in [-0.05, 0) is 31.2 Å². The van der Waals surface area contributed by atoms with Gasteiger partial charge in [-0.15, -0.1) is 11.6 Å². The largest absolute Gasteiger partial charge is 0.513 e. The lowest BCUT2D eigenvalue weighted by Crippen LogP contribution is -2.50. The number of piperazine rings is 1. The van der Waals surface area contributed by atoms with Crippen molar-refractivity contribution in [3.63, 3.8) is 0 Å². The molecule has 9 heteroatoms. The number of halogens is 1. The van der Waals surface area contributed by atoms with Crippen LogP contribution in [0.2, 0.25) is 0 Å². The van der Waals surface area contributed by atoms with Crippen molar-refractivity contribution < 1.29 is 28.6 Å². The average molecular weight is 385 g/mol. The molecular formula is C17H21ClN2O6. The van der Waals surface area contributed by atoms with Gasteiger partial charge in [0.25, 0.3) is 5.91 Å². The molecule has 1 aliphatic rings. The number of carbonyl (C=O) groups is 3. The third kappa shape index (κ3) is 5.52. The summed E-state index contributed by atoms with van der Waals surface area (Å²) in [5.74, 6) is 0.397. The summed E-state index contributed by atoms with van der Waals surface area (Å²) in [7, 11) is 0. The van der Waals surface area contributed by atoms with Crippen molar-refractivity contribution >= 4 is 29.8 Å². The van der Waals surface area contributed by atoms with Crippen LogP contribution in [0.15, 0.2) is 24.3 Å². The molecular weight excluding hydrogens is 364 g/mol. The Balaban J connectivity index is 1.86. The van der Waals surface area contributed by atoms with Crippen LogP contribution in [0.25, 0.3) is 0 Å². The van der Waals surface area contributed by atoms with E-state index >= 15 is 0 Å². The molecule has 1 fully saturated rings. The highest BCUT2D eigenvalue weighted by Gasteiger charge is 2.25. The molecule has 0 N–H and O–H groups in total. The van der Waals surface area contributed by atoms with Gasteiger partial charge in [0, 0.05) is 31.7 Å². The van der Waals surface area contributed by atoms with Crippen LogP contribution in [0, 0.1) is 0 Å². The van der Waals surface area contributed by atoms with E-state index in [-0.39, 0.29) is 25.0 Å². The first kappa shape index (κ1) is 19.8. The Morgan fingerprint density at radius 3 is 2.19 bits per heavy atom. The second-order valence-corrected chi connectivity index (χ2v) is 5.77. The molecule has 1 aromatic carbocycles. The summed E-state index contributed by atoms with van der Waals surface area (Å²) in [6.07, 6.45) is -1.21. The number of rotatable bonds is 5.